The number of ether oxygens (including phenoxy) is 1. The van der Waals surface area contributed by atoms with Crippen molar-refractivity contribution in [3.8, 4) is 5.75 Å². The molecule has 0 N–H and O–H groups in total. The first-order chi connectivity index (χ1) is 16.1. The minimum absolute atomic E-state index is 0.0892. The number of halogens is 2. The van der Waals surface area contributed by atoms with Crippen molar-refractivity contribution in [1.29, 1.82) is 0 Å². The summed E-state index contributed by atoms with van der Waals surface area (Å²) in [6, 6.07) is 15.9. The van der Waals surface area contributed by atoms with E-state index in [4.69, 9.17) is 13.7 Å². The van der Waals surface area contributed by atoms with E-state index in [9.17, 15) is 8.63 Å². The molecule has 1 aliphatic rings. The highest BCUT2D eigenvalue weighted by molar-refractivity contribution is 6.52. The van der Waals surface area contributed by atoms with Crippen LogP contribution in [0.15, 0.2) is 60.7 Å². The topological polar surface area (TPSA) is 29.8 Å². The Morgan fingerprint density at radius 1 is 0.758 bits per heavy atom. The molecule has 0 fully saturated rings. The van der Waals surface area contributed by atoms with Crippen molar-refractivity contribution in [3.63, 3.8) is 0 Å². The Morgan fingerprint density at radius 3 is 2.00 bits per heavy atom. The molecule has 0 saturated heterocycles. The summed E-state index contributed by atoms with van der Waals surface area (Å²) in [5.41, 5.74) is 1.14. The lowest BCUT2D eigenvalue weighted by Crippen LogP contribution is -2.30. The van der Waals surface area contributed by atoms with E-state index >= 15 is 0 Å². The van der Waals surface area contributed by atoms with Crippen molar-refractivity contribution in [1.82, 2.24) is 0 Å². The number of allylic oxidation sites excluding steroid dienone is 1. The number of unbranched alkanes of at least 4 members (excludes halogenated alkanes) is 9. The standard InChI is InChI=1S/C27H35BF2O3/c1-2-3-4-5-6-7-8-9-10-14-21-31-25-19-17-24(18-20-25)27-22-26(32-28(29,30)33-27)23-15-12-11-13-16-23/h11-13,15-20,22H,2-10,14,21H2,1H3. The first kappa shape index (κ1) is 25.0. The van der Waals surface area contributed by atoms with E-state index in [2.05, 4.69) is 6.92 Å². The smallest absolute Gasteiger partial charge is 0.569 e. The van der Waals surface area contributed by atoms with Crippen molar-refractivity contribution in [2.24, 2.45) is 0 Å². The summed E-state index contributed by atoms with van der Waals surface area (Å²) in [6.07, 6.45) is 14.3. The number of benzene rings is 2. The van der Waals surface area contributed by atoms with Gasteiger partial charge in [0.05, 0.1) is 24.0 Å². The monoisotopic (exact) mass is 456 g/mol. The van der Waals surface area contributed by atoms with Crippen LogP contribution in [-0.2, 0) is 4.65 Å². The van der Waals surface area contributed by atoms with E-state index in [0.717, 1.165) is 12.2 Å². The van der Waals surface area contributed by atoms with Gasteiger partial charge < -0.3 is 22.4 Å². The number of carbonyl (C=O) groups excluding carboxylic acids is 1. The first-order valence-corrected chi connectivity index (χ1v) is 12.3. The zero-order valence-corrected chi connectivity index (χ0v) is 19.6. The molecule has 3 nitrogen and oxygen atoms in total. The highest BCUT2D eigenvalue weighted by atomic mass is 19.3. The highest BCUT2D eigenvalue weighted by Crippen LogP contribution is 2.29. The van der Waals surface area contributed by atoms with Crippen LogP contribution in [0.3, 0.4) is 0 Å². The van der Waals surface area contributed by atoms with Gasteiger partial charge in [0.1, 0.15) is 5.75 Å². The minimum atomic E-state index is -4.42. The van der Waals surface area contributed by atoms with Crippen LogP contribution < -0.4 is 4.74 Å². The molecule has 0 unspecified atom stereocenters. The lowest BCUT2D eigenvalue weighted by molar-refractivity contribution is -0.183. The van der Waals surface area contributed by atoms with Crippen LogP contribution in [0.4, 0.5) is 8.63 Å². The predicted molar refractivity (Wildman–Crippen MR) is 132 cm³/mol. The van der Waals surface area contributed by atoms with Crippen LogP contribution in [0, 0.1) is 0 Å². The van der Waals surface area contributed by atoms with Gasteiger partial charge in [-0.15, -0.1) is 0 Å². The van der Waals surface area contributed by atoms with Crippen molar-refractivity contribution in [2.45, 2.75) is 71.1 Å². The average molecular weight is 456 g/mol. The molecule has 6 heteroatoms. The molecule has 2 aromatic rings. The second-order valence-electron chi connectivity index (χ2n) is 8.56. The SMILES string of the molecule is CCCCCCCCCCCCOc1ccc(C2=CC(c3ccccc3)=[O+][B-](F)(F)O2)cc1. The Balaban J connectivity index is 1.42. The summed E-state index contributed by atoms with van der Waals surface area (Å²) in [4.78, 5) is 0. The minimum Gasteiger partial charge on any atom is -0.569 e. The van der Waals surface area contributed by atoms with E-state index < -0.39 is 7.11 Å². The molecule has 1 aliphatic heterocycles. The lowest BCUT2D eigenvalue weighted by Gasteiger charge is -2.20. The fourth-order valence-corrected chi connectivity index (χ4v) is 3.91. The van der Waals surface area contributed by atoms with Crippen molar-refractivity contribution in [2.75, 3.05) is 6.61 Å². The van der Waals surface area contributed by atoms with Gasteiger partial charge in [0, 0.05) is 5.56 Å². The molecule has 0 atom stereocenters. The summed E-state index contributed by atoms with van der Waals surface area (Å²) in [5, 5.41) is 0. The van der Waals surface area contributed by atoms with Gasteiger partial charge in [-0.25, -0.2) is 0 Å². The molecule has 0 saturated carbocycles. The maximum absolute atomic E-state index is 14.1. The van der Waals surface area contributed by atoms with Gasteiger partial charge in [0.2, 0.25) is 0 Å². The molecule has 178 valence electrons. The highest BCUT2D eigenvalue weighted by Gasteiger charge is 2.53. The fraction of sp³-hybridized carbons (Fsp3) is 0.444. The molecule has 0 aliphatic carbocycles. The summed E-state index contributed by atoms with van der Waals surface area (Å²) in [5.74, 6) is 0.918. The van der Waals surface area contributed by atoms with Crippen LogP contribution in [0.2, 0.25) is 0 Å². The maximum Gasteiger partial charge on any atom is 0.995 e. The average Bonchev–Trinajstić information content (AvgIpc) is 2.82. The Hall–Kier alpha value is -2.63. The van der Waals surface area contributed by atoms with Gasteiger partial charge in [-0.2, -0.15) is 0 Å². The molecular weight excluding hydrogens is 421 g/mol. The third-order valence-electron chi connectivity index (χ3n) is 5.75. The number of hydrogen-bond donors (Lipinski definition) is 0. The largest absolute Gasteiger partial charge is 0.995 e. The first-order valence-electron chi connectivity index (χ1n) is 12.3. The Kier molecular flexibility index (Phi) is 9.98. The molecular formula is C27H35BF2O3. The van der Waals surface area contributed by atoms with Gasteiger partial charge in [-0.3, -0.25) is 0 Å². The Bertz CT molecular complexity index is 895. The maximum atomic E-state index is 14.1. The Morgan fingerprint density at radius 2 is 1.36 bits per heavy atom. The quantitative estimate of drug-likeness (QED) is 0.163. The second-order valence-corrected chi connectivity index (χ2v) is 8.56. The van der Waals surface area contributed by atoms with Gasteiger partial charge >= 0.3 is 7.11 Å². The molecule has 33 heavy (non-hydrogen) atoms. The third kappa shape index (κ3) is 8.67. The van der Waals surface area contributed by atoms with Gasteiger partial charge in [-0.05, 0) is 42.8 Å². The summed E-state index contributed by atoms with van der Waals surface area (Å²) in [7, 11) is -4.42. The zero-order chi connectivity index (χ0) is 23.4. The molecule has 0 radical (unpaired) electrons. The van der Waals surface area contributed by atoms with Crippen LogP contribution in [0.1, 0.15) is 86.6 Å². The van der Waals surface area contributed by atoms with E-state index in [1.54, 1.807) is 48.5 Å². The molecule has 1 heterocycles. The van der Waals surface area contributed by atoms with Crippen LogP contribution >= 0.6 is 0 Å². The normalized spacial score (nSPS) is 14.9. The second kappa shape index (κ2) is 13.2. The molecule has 0 spiro atoms. The van der Waals surface area contributed by atoms with Crippen LogP contribution in [-0.4, -0.2) is 19.5 Å². The Labute approximate surface area is 196 Å². The summed E-state index contributed by atoms with van der Waals surface area (Å²) < 4.78 is 43.6. The molecule has 0 bridgehead atoms. The van der Waals surface area contributed by atoms with Crippen LogP contribution in [0.5, 0.6) is 5.75 Å². The van der Waals surface area contributed by atoms with Crippen LogP contribution in [0.25, 0.3) is 5.76 Å². The predicted octanol–water partition coefficient (Wildman–Crippen LogP) is 8.15. The van der Waals surface area contributed by atoms with E-state index in [1.165, 1.54) is 63.9 Å². The number of ketones is 1. The summed E-state index contributed by atoms with van der Waals surface area (Å²) in [6.45, 7) is 2.91. The van der Waals surface area contributed by atoms with Gasteiger partial charge in [-0.1, -0.05) is 82.9 Å². The third-order valence-corrected chi connectivity index (χ3v) is 5.75. The molecule has 2 aromatic carbocycles. The number of rotatable bonds is 14. The van der Waals surface area contributed by atoms with Crippen molar-refractivity contribution >= 4 is 18.6 Å². The van der Waals surface area contributed by atoms with Gasteiger partial charge in [0.25, 0.3) is 5.78 Å². The molecule has 0 amide bonds. The van der Waals surface area contributed by atoms with E-state index in [0.29, 0.717) is 17.7 Å². The van der Waals surface area contributed by atoms with E-state index in [1.807, 2.05) is 6.07 Å². The zero-order valence-electron chi connectivity index (χ0n) is 19.6. The van der Waals surface area contributed by atoms with Crippen molar-refractivity contribution in [3.05, 3.63) is 71.8 Å². The lowest BCUT2D eigenvalue weighted by atomic mass is 10.0. The molecule has 3 rings (SSSR count). The number of hydrogen-bond acceptors (Lipinski definition) is 2. The summed E-state index contributed by atoms with van der Waals surface area (Å²) >= 11 is 0. The van der Waals surface area contributed by atoms with Gasteiger partial charge in [0.15, 0.2) is 0 Å². The molecule has 0 aromatic heterocycles. The van der Waals surface area contributed by atoms with Crippen molar-refractivity contribution < 1.29 is 22.4 Å². The van der Waals surface area contributed by atoms with E-state index in [-0.39, 0.29) is 11.5 Å². The fourth-order valence-electron chi connectivity index (χ4n) is 3.91.